The zero-order chi connectivity index (χ0) is 22.1. The third-order valence-corrected chi connectivity index (χ3v) is 6.57. The van der Waals surface area contributed by atoms with Crippen LogP contribution in [0.3, 0.4) is 0 Å². The van der Waals surface area contributed by atoms with Crippen molar-refractivity contribution in [1.29, 1.82) is 0 Å². The molecule has 0 saturated heterocycles. The summed E-state index contributed by atoms with van der Waals surface area (Å²) in [4.78, 5) is 18.5. The molecule has 1 fully saturated rings. The molecule has 8 heteroatoms. The molecule has 3 aromatic heterocycles. The molecule has 0 unspecified atom stereocenters. The number of nitrogens with zero attached hydrogens (tertiary/aromatic N) is 5. The van der Waals surface area contributed by atoms with Crippen molar-refractivity contribution >= 4 is 10.9 Å². The lowest BCUT2D eigenvalue weighted by atomic mass is 10.0. The minimum atomic E-state index is -0.0237. The van der Waals surface area contributed by atoms with Gasteiger partial charge in [-0.05, 0) is 66.4 Å². The SMILES string of the molecule is Cc1ccc(C)c2[nH]c(=O)c(CN(Cc3nnnn3Cc3ccco3)C3CCCC3)cc12. The number of hydrogen-bond acceptors (Lipinski definition) is 6. The van der Waals surface area contributed by atoms with Gasteiger partial charge in [0.05, 0.1) is 18.3 Å². The van der Waals surface area contributed by atoms with Gasteiger partial charge in [-0.3, -0.25) is 9.69 Å². The van der Waals surface area contributed by atoms with E-state index in [1.807, 2.05) is 19.1 Å². The maximum absolute atomic E-state index is 13.0. The average Bonchev–Trinajstić information content (AvgIpc) is 3.55. The van der Waals surface area contributed by atoms with Crippen molar-refractivity contribution in [2.45, 2.75) is 65.2 Å². The van der Waals surface area contributed by atoms with Crippen LogP contribution in [0.25, 0.3) is 10.9 Å². The summed E-state index contributed by atoms with van der Waals surface area (Å²) in [6.45, 7) is 5.75. The number of tetrazole rings is 1. The van der Waals surface area contributed by atoms with Crippen molar-refractivity contribution in [3.63, 3.8) is 0 Å². The summed E-state index contributed by atoms with van der Waals surface area (Å²) < 4.78 is 7.24. The largest absolute Gasteiger partial charge is 0.467 e. The minimum absolute atomic E-state index is 0.0237. The predicted octanol–water partition coefficient (Wildman–Crippen LogP) is 3.72. The monoisotopic (exact) mass is 432 g/mol. The lowest BCUT2D eigenvalue weighted by Gasteiger charge is -2.28. The number of aromatic amines is 1. The molecule has 32 heavy (non-hydrogen) atoms. The number of fused-ring (bicyclic) bond motifs is 1. The third-order valence-electron chi connectivity index (χ3n) is 6.57. The minimum Gasteiger partial charge on any atom is -0.467 e. The topological polar surface area (TPSA) is 92.8 Å². The van der Waals surface area contributed by atoms with E-state index in [9.17, 15) is 4.79 Å². The van der Waals surface area contributed by atoms with Crippen LogP contribution in [0.5, 0.6) is 0 Å². The molecule has 5 rings (SSSR count). The van der Waals surface area contributed by atoms with Crippen LogP contribution in [0.4, 0.5) is 0 Å². The highest BCUT2D eigenvalue weighted by molar-refractivity contribution is 5.85. The van der Waals surface area contributed by atoms with Crippen molar-refractivity contribution in [3.8, 4) is 0 Å². The molecule has 1 aromatic carbocycles. The first-order chi connectivity index (χ1) is 15.6. The van der Waals surface area contributed by atoms with E-state index < -0.39 is 0 Å². The second kappa shape index (κ2) is 8.70. The number of rotatable bonds is 7. The van der Waals surface area contributed by atoms with Gasteiger partial charge in [-0.15, -0.1) is 5.10 Å². The fourth-order valence-electron chi connectivity index (χ4n) is 4.73. The van der Waals surface area contributed by atoms with Crippen LogP contribution >= 0.6 is 0 Å². The number of furan rings is 1. The summed E-state index contributed by atoms with van der Waals surface area (Å²) in [6, 6.07) is 10.4. The molecule has 8 nitrogen and oxygen atoms in total. The standard InChI is InChI=1S/C24H28N6O2/c1-16-9-10-17(2)23-21(16)12-18(24(31)25-23)13-29(19-6-3-4-7-19)15-22-26-27-28-30(22)14-20-8-5-11-32-20/h5,8-12,19H,3-4,6-7,13-15H2,1-2H3,(H,25,31). The molecule has 4 aromatic rings. The van der Waals surface area contributed by atoms with Gasteiger partial charge in [-0.25, -0.2) is 4.68 Å². The van der Waals surface area contributed by atoms with Gasteiger partial charge in [0.15, 0.2) is 5.82 Å². The molecule has 1 saturated carbocycles. The summed E-state index contributed by atoms with van der Waals surface area (Å²) in [7, 11) is 0. The van der Waals surface area contributed by atoms with Gasteiger partial charge in [0.2, 0.25) is 0 Å². The molecular formula is C24H28N6O2. The maximum atomic E-state index is 13.0. The van der Waals surface area contributed by atoms with Gasteiger partial charge in [0.1, 0.15) is 12.3 Å². The summed E-state index contributed by atoms with van der Waals surface area (Å²) in [5.74, 6) is 1.58. The highest BCUT2D eigenvalue weighted by Crippen LogP contribution is 2.27. The lowest BCUT2D eigenvalue weighted by Crippen LogP contribution is -2.35. The van der Waals surface area contributed by atoms with Gasteiger partial charge in [0, 0.05) is 23.5 Å². The second-order valence-electron chi connectivity index (χ2n) is 8.79. The van der Waals surface area contributed by atoms with Crippen LogP contribution in [-0.4, -0.2) is 36.1 Å². The molecule has 1 aliphatic carbocycles. The number of benzene rings is 1. The Kier molecular flexibility index (Phi) is 5.61. The van der Waals surface area contributed by atoms with Crippen molar-refractivity contribution in [3.05, 3.63) is 75.2 Å². The molecule has 0 amide bonds. The number of H-pyrrole nitrogens is 1. The number of hydrogen-bond donors (Lipinski definition) is 1. The maximum Gasteiger partial charge on any atom is 0.252 e. The van der Waals surface area contributed by atoms with Crippen LogP contribution < -0.4 is 5.56 Å². The summed E-state index contributed by atoms with van der Waals surface area (Å²) in [5, 5.41) is 13.4. The third kappa shape index (κ3) is 4.10. The quantitative estimate of drug-likeness (QED) is 0.478. The summed E-state index contributed by atoms with van der Waals surface area (Å²) in [5.41, 5.74) is 3.93. The van der Waals surface area contributed by atoms with Crippen molar-refractivity contribution in [2.24, 2.45) is 0 Å². The molecule has 0 radical (unpaired) electrons. The Morgan fingerprint density at radius 2 is 1.97 bits per heavy atom. The zero-order valence-electron chi connectivity index (χ0n) is 18.5. The van der Waals surface area contributed by atoms with Gasteiger partial charge < -0.3 is 9.40 Å². The fraction of sp³-hybridized carbons (Fsp3) is 0.417. The normalized spacial score (nSPS) is 14.7. The van der Waals surface area contributed by atoms with E-state index in [-0.39, 0.29) is 5.56 Å². The Hall–Kier alpha value is -3.26. The number of aromatic nitrogens is 5. The van der Waals surface area contributed by atoms with Crippen molar-refractivity contribution in [1.82, 2.24) is 30.1 Å². The van der Waals surface area contributed by atoms with Gasteiger partial charge in [-0.1, -0.05) is 25.0 Å². The molecule has 3 heterocycles. The van der Waals surface area contributed by atoms with E-state index >= 15 is 0 Å². The van der Waals surface area contributed by atoms with Crippen LogP contribution in [0.1, 0.15) is 54.0 Å². The Balaban J connectivity index is 1.45. The fourth-order valence-corrected chi connectivity index (χ4v) is 4.73. The smallest absolute Gasteiger partial charge is 0.252 e. The van der Waals surface area contributed by atoms with E-state index in [0.29, 0.717) is 25.7 Å². The molecule has 1 aliphatic rings. The number of nitrogens with one attached hydrogen (secondary N) is 1. The summed E-state index contributed by atoms with van der Waals surface area (Å²) in [6.07, 6.45) is 6.34. The molecule has 0 atom stereocenters. The van der Waals surface area contributed by atoms with Crippen LogP contribution in [0.15, 0.2) is 45.8 Å². The highest BCUT2D eigenvalue weighted by atomic mass is 16.3. The first kappa shape index (κ1) is 20.6. The van der Waals surface area contributed by atoms with Crippen molar-refractivity contribution in [2.75, 3.05) is 0 Å². The first-order valence-electron chi connectivity index (χ1n) is 11.2. The van der Waals surface area contributed by atoms with Crippen molar-refractivity contribution < 1.29 is 4.42 Å². The van der Waals surface area contributed by atoms with Gasteiger partial charge >= 0.3 is 0 Å². The molecule has 0 bridgehead atoms. The van der Waals surface area contributed by atoms with Gasteiger partial charge in [0.25, 0.3) is 5.56 Å². The van der Waals surface area contributed by atoms with Crippen LogP contribution in [0, 0.1) is 13.8 Å². The van der Waals surface area contributed by atoms with Crippen LogP contribution in [-0.2, 0) is 19.6 Å². The molecule has 0 aliphatic heterocycles. The zero-order valence-corrected chi connectivity index (χ0v) is 18.5. The Morgan fingerprint density at radius 3 is 2.75 bits per heavy atom. The Morgan fingerprint density at radius 1 is 1.16 bits per heavy atom. The number of pyridine rings is 1. The van der Waals surface area contributed by atoms with E-state index in [2.05, 4.69) is 50.5 Å². The van der Waals surface area contributed by atoms with E-state index in [1.54, 1.807) is 10.9 Å². The summed E-state index contributed by atoms with van der Waals surface area (Å²) >= 11 is 0. The molecule has 0 spiro atoms. The van der Waals surface area contributed by atoms with E-state index in [0.717, 1.165) is 52.0 Å². The van der Waals surface area contributed by atoms with Crippen LogP contribution in [0.2, 0.25) is 0 Å². The number of aryl methyl sites for hydroxylation is 2. The predicted molar refractivity (Wildman–Crippen MR) is 121 cm³/mol. The molecule has 1 N–H and O–H groups in total. The Labute approximate surface area is 186 Å². The van der Waals surface area contributed by atoms with E-state index in [1.165, 1.54) is 12.8 Å². The van der Waals surface area contributed by atoms with E-state index in [4.69, 9.17) is 4.42 Å². The lowest BCUT2D eigenvalue weighted by molar-refractivity contribution is 0.172. The highest BCUT2D eigenvalue weighted by Gasteiger charge is 2.26. The second-order valence-corrected chi connectivity index (χ2v) is 8.79. The average molecular weight is 433 g/mol. The first-order valence-corrected chi connectivity index (χ1v) is 11.2. The van der Waals surface area contributed by atoms with Gasteiger partial charge in [-0.2, -0.15) is 0 Å². The molecule has 166 valence electrons. The Bertz CT molecular complexity index is 1270. The molecular weight excluding hydrogens is 404 g/mol.